The van der Waals surface area contributed by atoms with Crippen molar-refractivity contribution in [3.05, 3.63) is 42.0 Å². The first-order valence-corrected chi connectivity index (χ1v) is 6.70. The van der Waals surface area contributed by atoms with Crippen LogP contribution in [0.15, 0.2) is 36.4 Å². The largest absolute Gasteiger partial charge is 0.497 e. The average Bonchev–Trinajstić information content (AvgIpc) is 2.50. The predicted octanol–water partition coefficient (Wildman–Crippen LogP) is 2.12. The number of hydrogen-bond acceptors (Lipinski definition) is 4. The fourth-order valence-corrected chi connectivity index (χ4v) is 2.11. The molecule has 0 aliphatic heterocycles. The van der Waals surface area contributed by atoms with Crippen molar-refractivity contribution in [3.8, 4) is 5.75 Å². The second-order valence-electron chi connectivity index (χ2n) is 4.69. The van der Waals surface area contributed by atoms with Gasteiger partial charge in [-0.25, -0.2) is 0 Å². The molecule has 2 aromatic rings. The van der Waals surface area contributed by atoms with Gasteiger partial charge in [-0.3, -0.25) is 0 Å². The first kappa shape index (κ1) is 14.8. The number of nitrogens with one attached hydrogen (secondary N) is 1. The van der Waals surface area contributed by atoms with E-state index >= 15 is 0 Å². The quantitative estimate of drug-likeness (QED) is 0.760. The molecule has 0 aliphatic carbocycles. The van der Waals surface area contributed by atoms with Gasteiger partial charge < -0.3 is 19.9 Å². The van der Waals surface area contributed by atoms with E-state index in [0.717, 1.165) is 28.6 Å². The Hall–Kier alpha value is -1.62. The van der Waals surface area contributed by atoms with E-state index in [1.54, 1.807) is 14.2 Å². The monoisotopic (exact) mass is 275 g/mol. The van der Waals surface area contributed by atoms with Crippen LogP contribution in [0.5, 0.6) is 5.75 Å². The summed E-state index contributed by atoms with van der Waals surface area (Å²) in [6.45, 7) is 1.90. The van der Waals surface area contributed by atoms with Crippen LogP contribution in [-0.2, 0) is 4.74 Å². The molecule has 0 amide bonds. The molecule has 20 heavy (non-hydrogen) atoms. The number of rotatable bonds is 7. The van der Waals surface area contributed by atoms with Gasteiger partial charge in [0.25, 0.3) is 0 Å². The molecule has 108 valence electrons. The third-order valence-corrected chi connectivity index (χ3v) is 3.28. The molecular formula is C16H21NO3. The van der Waals surface area contributed by atoms with Gasteiger partial charge in [0.05, 0.1) is 19.8 Å². The van der Waals surface area contributed by atoms with Crippen molar-refractivity contribution in [2.24, 2.45) is 0 Å². The van der Waals surface area contributed by atoms with Crippen LogP contribution < -0.4 is 10.1 Å². The van der Waals surface area contributed by atoms with E-state index < -0.39 is 6.10 Å². The summed E-state index contributed by atoms with van der Waals surface area (Å²) in [5.74, 6) is 0.840. The summed E-state index contributed by atoms with van der Waals surface area (Å²) in [4.78, 5) is 0. The number of aliphatic hydroxyl groups is 1. The highest BCUT2D eigenvalue weighted by atomic mass is 16.5. The molecule has 0 aromatic heterocycles. The number of benzene rings is 2. The third-order valence-electron chi connectivity index (χ3n) is 3.28. The van der Waals surface area contributed by atoms with Crippen LogP contribution in [0.1, 0.15) is 11.7 Å². The van der Waals surface area contributed by atoms with E-state index in [9.17, 15) is 5.11 Å². The smallest absolute Gasteiger partial charge is 0.119 e. The van der Waals surface area contributed by atoms with Crippen LogP contribution in [0, 0.1) is 0 Å². The fourth-order valence-electron chi connectivity index (χ4n) is 2.11. The van der Waals surface area contributed by atoms with Crippen LogP contribution >= 0.6 is 0 Å². The molecule has 4 heteroatoms. The van der Waals surface area contributed by atoms with Crippen molar-refractivity contribution >= 4 is 10.8 Å². The Bertz CT molecular complexity index is 556. The van der Waals surface area contributed by atoms with Crippen LogP contribution in [0.2, 0.25) is 0 Å². The lowest BCUT2D eigenvalue weighted by Crippen LogP contribution is -2.24. The maximum Gasteiger partial charge on any atom is 0.119 e. The van der Waals surface area contributed by atoms with Crippen molar-refractivity contribution in [2.45, 2.75) is 6.10 Å². The molecule has 0 saturated heterocycles. The second kappa shape index (κ2) is 7.24. The summed E-state index contributed by atoms with van der Waals surface area (Å²) >= 11 is 0. The molecule has 2 rings (SSSR count). The Morgan fingerprint density at radius 1 is 1.10 bits per heavy atom. The van der Waals surface area contributed by atoms with E-state index in [1.807, 2.05) is 36.4 Å². The van der Waals surface area contributed by atoms with E-state index in [1.165, 1.54) is 0 Å². The van der Waals surface area contributed by atoms with Crippen molar-refractivity contribution in [1.82, 2.24) is 5.32 Å². The van der Waals surface area contributed by atoms with Gasteiger partial charge >= 0.3 is 0 Å². The highest BCUT2D eigenvalue weighted by Gasteiger charge is 2.08. The summed E-state index contributed by atoms with van der Waals surface area (Å²) in [6.07, 6.45) is -0.515. The maximum atomic E-state index is 10.2. The van der Waals surface area contributed by atoms with Crippen molar-refractivity contribution in [1.29, 1.82) is 0 Å². The molecule has 0 aliphatic rings. The van der Waals surface area contributed by atoms with Gasteiger partial charge in [-0.1, -0.05) is 18.2 Å². The zero-order valence-corrected chi connectivity index (χ0v) is 11.9. The summed E-state index contributed by atoms with van der Waals surface area (Å²) < 4.78 is 10.2. The van der Waals surface area contributed by atoms with Gasteiger partial charge in [0.2, 0.25) is 0 Å². The zero-order chi connectivity index (χ0) is 14.4. The molecule has 0 fully saturated rings. The van der Waals surface area contributed by atoms with E-state index in [2.05, 4.69) is 5.32 Å². The molecule has 0 radical (unpaired) electrons. The van der Waals surface area contributed by atoms with Crippen LogP contribution in [0.3, 0.4) is 0 Å². The lowest BCUT2D eigenvalue weighted by atomic mass is 10.0. The highest BCUT2D eigenvalue weighted by Crippen LogP contribution is 2.24. The molecule has 0 saturated carbocycles. The molecule has 4 nitrogen and oxygen atoms in total. The predicted molar refractivity (Wildman–Crippen MR) is 80.2 cm³/mol. The van der Waals surface area contributed by atoms with Crippen LogP contribution in [0.4, 0.5) is 0 Å². The Balaban J connectivity index is 2.07. The first-order chi connectivity index (χ1) is 9.74. The normalized spacial score (nSPS) is 12.6. The number of fused-ring (bicyclic) bond motifs is 1. The second-order valence-corrected chi connectivity index (χ2v) is 4.69. The highest BCUT2D eigenvalue weighted by molar-refractivity contribution is 5.84. The van der Waals surface area contributed by atoms with Crippen LogP contribution in [0.25, 0.3) is 10.8 Å². The van der Waals surface area contributed by atoms with Crippen molar-refractivity contribution in [2.75, 3.05) is 33.9 Å². The van der Waals surface area contributed by atoms with Gasteiger partial charge in [-0.05, 0) is 34.5 Å². The first-order valence-electron chi connectivity index (χ1n) is 6.70. The summed E-state index contributed by atoms with van der Waals surface area (Å²) in [7, 11) is 3.32. The number of ether oxygens (including phenoxy) is 2. The standard InChI is InChI=1S/C16H21NO3/c1-19-8-7-17-11-16(18)14-4-3-13-10-15(20-2)6-5-12(13)9-14/h3-6,9-10,16-18H,7-8,11H2,1-2H3. The minimum atomic E-state index is -0.515. The third kappa shape index (κ3) is 3.70. The Labute approximate surface area is 119 Å². The lowest BCUT2D eigenvalue weighted by Gasteiger charge is -2.13. The molecule has 0 spiro atoms. The summed E-state index contributed by atoms with van der Waals surface area (Å²) in [5, 5.41) is 15.5. The molecule has 1 unspecified atom stereocenters. The van der Waals surface area contributed by atoms with Crippen LogP contribution in [-0.4, -0.2) is 39.0 Å². The molecule has 0 bridgehead atoms. The Morgan fingerprint density at radius 2 is 1.85 bits per heavy atom. The molecule has 2 N–H and O–H groups in total. The summed E-state index contributed by atoms with van der Waals surface area (Å²) in [5.41, 5.74) is 0.910. The number of hydrogen-bond donors (Lipinski definition) is 2. The summed E-state index contributed by atoms with van der Waals surface area (Å²) in [6, 6.07) is 11.9. The maximum absolute atomic E-state index is 10.2. The molecule has 2 aromatic carbocycles. The lowest BCUT2D eigenvalue weighted by molar-refractivity contribution is 0.161. The number of aliphatic hydroxyl groups excluding tert-OH is 1. The fraction of sp³-hybridized carbons (Fsp3) is 0.375. The molecular weight excluding hydrogens is 254 g/mol. The molecule has 0 heterocycles. The number of methoxy groups -OCH3 is 2. The zero-order valence-electron chi connectivity index (χ0n) is 11.9. The van der Waals surface area contributed by atoms with Gasteiger partial charge in [0, 0.05) is 20.2 Å². The average molecular weight is 275 g/mol. The Morgan fingerprint density at radius 3 is 2.60 bits per heavy atom. The van der Waals surface area contributed by atoms with E-state index in [4.69, 9.17) is 9.47 Å². The topological polar surface area (TPSA) is 50.7 Å². The van der Waals surface area contributed by atoms with Crippen molar-refractivity contribution < 1.29 is 14.6 Å². The van der Waals surface area contributed by atoms with Gasteiger partial charge in [-0.15, -0.1) is 0 Å². The SMILES string of the molecule is COCCNCC(O)c1ccc2cc(OC)ccc2c1. The van der Waals surface area contributed by atoms with Gasteiger partial charge in [0.15, 0.2) is 0 Å². The minimum Gasteiger partial charge on any atom is -0.497 e. The van der Waals surface area contributed by atoms with E-state index in [-0.39, 0.29) is 0 Å². The van der Waals surface area contributed by atoms with E-state index in [0.29, 0.717) is 13.2 Å². The van der Waals surface area contributed by atoms with Gasteiger partial charge in [0.1, 0.15) is 5.75 Å². The van der Waals surface area contributed by atoms with Crippen molar-refractivity contribution in [3.63, 3.8) is 0 Å². The Kier molecular flexibility index (Phi) is 5.35. The minimum absolute atomic E-state index is 0.515. The van der Waals surface area contributed by atoms with Gasteiger partial charge in [-0.2, -0.15) is 0 Å². The molecule has 1 atom stereocenters.